The van der Waals surface area contributed by atoms with E-state index < -0.39 is 11.8 Å². The summed E-state index contributed by atoms with van der Waals surface area (Å²) in [7, 11) is 0. The zero-order valence-corrected chi connectivity index (χ0v) is 9.25. The number of carboxylic acids is 1. The first-order valence-corrected chi connectivity index (χ1v) is 4.91. The Labute approximate surface area is 93.6 Å². The van der Waals surface area contributed by atoms with Crippen LogP contribution in [-0.2, 0) is 0 Å². The zero-order chi connectivity index (χ0) is 12.1. The van der Waals surface area contributed by atoms with Crippen LogP contribution in [0.15, 0.2) is 29.8 Å². The Morgan fingerprint density at radius 2 is 2.19 bits per heavy atom. The van der Waals surface area contributed by atoms with Gasteiger partial charge in [-0.15, -0.1) is 0 Å². The standard InChI is InChI=1S/C12H14FNO2/c1-8(2)6-7-14-10-5-3-4-9(13)11(10)12(15)16/h3-6,14H,7H2,1-2H3,(H,15,16). The van der Waals surface area contributed by atoms with E-state index in [0.717, 1.165) is 11.6 Å². The van der Waals surface area contributed by atoms with Crippen LogP contribution in [0.5, 0.6) is 0 Å². The van der Waals surface area contributed by atoms with E-state index >= 15 is 0 Å². The summed E-state index contributed by atoms with van der Waals surface area (Å²) >= 11 is 0. The molecule has 0 atom stereocenters. The van der Waals surface area contributed by atoms with Crippen molar-refractivity contribution in [2.45, 2.75) is 13.8 Å². The number of anilines is 1. The third-order valence-corrected chi connectivity index (χ3v) is 2.03. The number of allylic oxidation sites excluding steroid dienone is 1. The predicted octanol–water partition coefficient (Wildman–Crippen LogP) is 2.90. The number of rotatable bonds is 4. The second kappa shape index (κ2) is 5.30. The van der Waals surface area contributed by atoms with Crippen LogP contribution in [0.1, 0.15) is 24.2 Å². The van der Waals surface area contributed by atoms with Gasteiger partial charge in [0, 0.05) is 6.54 Å². The maximum atomic E-state index is 13.3. The van der Waals surface area contributed by atoms with Crippen molar-refractivity contribution >= 4 is 11.7 Å². The van der Waals surface area contributed by atoms with Crippen LogP contribution in [0.4, 0.5) is 10.1 Å². The molecule has 0 aliphatic heterocycles. The molecule has 0 fully saturated rings. The monoisotopic (exact) mass is 223 g/mol. The van der Waals surface area contributed by atoms with Gasteiger partial charge in [0.1, 0.15) is 11.4 Å². The number of carboxylic acid groups (broad SMARTS) is 1. The lowest BCUT2D eigenvalue weighted by Gasteiger charge is -2.08. The normalized spacial score (nSPS) is 9.69. The predicted molar refractivity (Wildman–Crippen MR) is 61.3 cm³/mol. The molecule has 0 aromatic heterocycles. The van der Waals surface area contributed by atoms with Gasteiger partial charge in [-0.1, -0.05) is 17.7 Å². The van der Waals surface area contributed by atoms with Crippen LogP contribution < -0.4 is 5.32 Å². The zero-order valence-electron chi connectivity index (χ0n) is 9.25. The molecular formula is C12H14FNO2. The molecule has 86 valence electrons. The summed E-state index contributed by atoms with van der Waals surface area (Å²) < 4.78 is 13.3. The summed E-state index contributed by atoms with van der Waals surface area (Å²) in [6, 6.07) is 4.16. The van der Waals surface area contributed by atoms with Gasteiger partial charge in [-0.25, -0.2) is 9.18 Å². The Balaban J connectivity index is 2.91. The molecule has 1 aromatic rings. The van der Waals surface area contributed by atoms with Crippen LogP contribution in [-0.4, -0.2) is 17.6 Å². The number of benzene rings is 1. The van der Waals surface area contributed by atoms with Crippen molar-refractivity contribution in [2.24, 2.45) is 0 Å². The molecule has 3 nitrogen and oxygen atoms in total. The maximum absolute atomic E-state index is 13.3. The summed E-state index contributed by atoms with van der Waals surface area (Å²) in [5.41, 5.74) is 1.09. The minimum Gasteiger partial charge on any atom is -0.478 e. The van der Waals surface area contributed by atoms with E-state index in [1.54, 1.807) is 6.07 Å². The highest BCUT2D eigenvalue weighted by Crippen LogP contribution is 2.18. The topological polar surface area (TPSA) is 49.3 Å². The lowest BCUT2D eigenvalue weighted by molar-refractivity contribution is 0.0693. The van der Waals surface area contributed by atoms with Crippen LogP contribution in [0, 0.1) is 5.82 Å². The summed E-state index contributed by atoms with van der Waals surface area (Å²) in [5.74, 6) is -1.99. The van der Waals surface area contributed by atoms with E-state index in [1.165, 1.54) is 6.07 Å². The van der Waals surface area contributed by atoms with Gasteiger partial charge in [-0.05, 0) is 26.0 Å². The molecule has 0 aliphatic rings. The van der Waals surface area contributed by atoms with Crippen LogP contribution in [0.25, 0.3) is 0 Å². The number of halogens is 1. The van der Waals surface area contributed by atoms with Crippen molar-refractivity contribution < 1.29 is 14.3 Å². The fourth-order valence-electron chi connectivity index (χ4n) is 1.25. The average molecular weight is 223 g/mol. The Morgan fingerprint density at radius 3 is 2.75 bits per heavy atom. The Bertz CT molecular complexity index is 423. The van der Waals surface area contributed by atoms with Gasteiger partial charge in [-0.3, -0.25) is 0 Å². The highest BCUT2D eigenvalue weighted by Gasteiger charge is 2.14. The molecule has 0 saturated carbocycles. The van der Waals surface area contributed by atoms with Gasteiger partial charge in [-0.2, -0.15) is 0 Å². The molecule has 0 unspecified atom stereocenters. The molecule has 0 saturated heterocycles. The van der Waals surface area contributed by atoms with Gasteiger partial charge in [0.15, 0.2) is 0 Å². The third kappa shape index (κ3) is 3.08. The molecule has 2 N–H and O–H groups in total. The number of hydrogen-bond donors (Lipinski definition) is 2. The Morgan fingerprint density at radius 1 is 1.50 bits per heavy atom. The van der Waals surface area contributed by atoms with E-state index in [9.17, 15) is 9.18 Å². The quantitative estimate of drug-likeness (QED) is 0.771. The third-order valence-electron chi connectivity index (χ3n) is 2.03. The van der Waals surface area contributed by atoms with Crippen molar-refractivity contribution in [3.63, 3.8) is 0 Å². The van der Waals surface area contributed by atoms with Gasteiger partial charge >= 0.3 is 5.97 Å². The summed E-state index contributed by atoms with van der Waals surface area (Å²) in [6.07, 6.45) is 1.90. The smallest absolute Gasteiger partial charge is 0.340 e. The number of carbonyl (C=O) groups is 1. The number of aromatic carboxylic acids is 1. The van der Waals surface area contributed by atoms with Crippen molar-refractivity contribution in [2.75, 3.05) is 11.9 Å². The molecule has 0 spiro atoms. The van der Waals surface area contributed by atoms with E-state index in [4.69, 9.17) is 5.11 Å². The second-order valence-electron chi connectivity index (χ2n) is 3.63. The molecule has 1 rings (SSSR count). The van der Waals surface area contributed by atoms with Gasteiger partial charge < -0.3 is 10.4 Å². The minimum atomic E-state index is -1.27. The fourth-order valence-corrected chi connectivity index (χ4v) is 1.25. The lowest BCUT2D eigenvalue weighted by Crippen LogP contribution is -2.08. The van der Waals surface area contributed by atoms with E-state index in [1.807, 2.05) is 19.9 Å². The van der Waals surface area contributed by atoms with Crippen LogP contribution >= 0.6 is 0 Å². The molecule has 4 heteroatoms. The SMILES string of the molecule is CC(C)=CCNc1cccc(F)c1C(=O)O. The molecule has 0 heterocycles. The maximum Gasteiger partial charge on any atom is 0.340 e. The highest BCUT2D eigenvalue weighted by atomic mass is 19.1. The molecule has 1 aromatic carbocycles. The Kier molecular flexibility index (Phi) is 4.05. The number of hydrogen-bond acceptors (Lipinski definition) is 2. The lowest BCUT2D eigenvalue weighted by atomic mass is 10.1. The summed E-state index contributed by atoms with van der Waals surface area (Å²) in [6.45, 7) is 4.35. The first-order chi connectivity index (χ1) is 7.52. The molecule has 0 aliphatic carbocycles. The minimum absolute atomic E-state index is 0.296. The van der Waals surface area contributed by atoms with Gasteiger partial charge in [0.05, 0.1) is 5.69 Å². The highest BCUT2D eigenvalue weighted by molar-refractivity contribution is 5.94. The van der Waals surface area contributed by atoms with Crippen molar-refractivity contribution in [1.82, 2.24) is 0 Å². The van der Waals surface area contributed by atoms with Crippen molar-refractivity contribution in [3.05, 3.63) is 41.2 Å². The van der Waals surface area contributed by atoms with Crippen LogP contribution in [0.3, 0.4) is 0 Å². The molecule has 0 amide bonds. The van der Waals surface area contributed by atoms with Crippen molar-refractivity contribution in [3.8, 4) is 0 Å². The Hall–Kier alpha value is -1.84. The summed E-state index contributed by atoms with van der Waals surface area (Å²) in [5, 5.41) is 11.7. The van der Waals surface area contributed by atoms with Gasteiger partial charge in [0.2, 0.25) is 0 Å². The summed E-state index contributed by atoms with van der Waals surface area (Å²) in [4.78, 5) is 10.8. The molecular weight excluding hydrogens is 209 g/mol. The second-order valence-corrected chi connectivity index (χ2v) is 3.63. The van der Waals surface area contributed by atoms with Crippen LogP contribution in [0.2, 0.25) is 0 Å². The number of nitrogens with one attached hydrogen (secondary N) is 1. The average Bonchev–Trinajstić information content (AvgIpc) is 2.16. The van der Waals surface area contributed by atoms with E-state index in [2.05, 4.69) is 5.32 Å². The molecule has 0 radical (unpaired) electrons. The first kappa shape index (κ1) is 12.2. The van der Waals surface area contributed by atoms with E-state index in [-0.39, 0.29) is 5.56 Å². The van der Waals surface area contributed by atoms with E-state index in [0.29, 0.717) is 12.2 Å². The first-order valence-electron chi connectivity index (χ1n) is 4.91. The molecule has 0 bridgehead atoms. The van der Waals surface area contributed by atoms with Crippen molar-refractivity contribution in [1.29, 1.82) is 0 Å². The van der Waals surface area contributed by atoms with Gasteiger partial charge in [0.25, 0.3) is 0 Å². The molecule has 16 heavy (non-hydrogen) atoms. The fraction of sp³-hybridized carbons (Fsp3) is 0.250. The largest absolute Gasteiger partial charge is 0.478 e.